The van der Waals surface area contributed by atoms with Crippen molar-refractivity contribution in [2.75, 3.05) is 0 Å². The molecule has 0 fully saturated rings. The zero-order valence-electron chi connectivity index (χ0n) is 10.8. The predicted octanol–water partition coefficient (Wildman–Crippen LogP) is 2.58. The smallest absolute Gasteiger partial charge is 0.247 e. The van der Waals surface area contributed by atoms with Gasteiger partial charge in [0.2, 0.25) is 11.8 Å². The van der Waals surface area contributed by atoms with Crippen LogP contribution in [0.25, 0.3) is 11.5 Å². The Balaban J connectivity index is 1.80. The predicted molar refractivity (Wildman–Crippen MR) is 76.2 cm³/mol. The molecule has 0 atom stereocenters. The van der Waals surface area contributed by atoms with Crippen molar-refractivity contribution in [2.24, 2.45) is 0 Å². The molecule has 0 aliphatic heterocycles. The zero-order valence-corrected chi connectivity index (χ0v) is 12.4. The van der Waals surface area contributed by atoms with Gasteiger partial charge in [0.15, 0.2) is 0 Å². The molecule has 0 saturated carbocycles. The van der Waals surface area contributed by atoms with Gasteiger partial charge in [-0.25, -0.2) is 4.68 Å². The first-order chi connectivity index (χ1) is 9.74. The van der Waals surface area contributed by atoms with E-state index in [1.807, 2.05) is 37.4 Å². The van der Waals surface area contributed by atoms with Crippen LogP contribution in [-0.2, 0) is 11.9 Å². The average Bonchev–Trinajstić information content (AvgIpc) is 3.08. The molecule has 0 unspecified atom stereocenters. The summed E-state index contributed by atoms with van der Waals surface area (Å²) in [4.78, 5) is 0. The highest BCUT2D eigenvalue weighted by atomic mass is 79.9. The van der Waals surface area contributed by atoms with Crippen LogP contribution in [0.5, 0.6) is 0 Å². The normalized spacial score (nSPS) is 10.9. The molecular weight excluding hydrogens is 322 g/mol. The minimum absolute atomic E-state index is 0.415. The van der Waals surface area contributed by atoms with Crippen LogP contribution in [-0.4, -0.2) is 25.2 Å². The van der Waals surface area contributed by atoms with Gasteiger partial charge in [0.1, 0.15) is 6.54 Å². The van der Waals surface area contributed by atoms with Gasteiger partial charge in [-0.3, -0.25) is 0 Å². The van der Waals surface area contributed by atoms with Crippen molar-refractivity contribution in [2.45, 2.75) is 18.8 Å². The Morgan fingerprint density at radius 2 is 2.15 bits per heavy atom. The lowest BCUT2D eigenvalue weighted by Gasteiger charge is -1.96. The van der Waals surface area contributed by atoms with Gasteiger partial charge in [0.25, 0.3) is 0 Å². The van der Waals surface area contributed by atoms with Crippen LogP contribution >= 0.6 is 15.9 Å². The molecule has 6 nitrogen and oxygen atoms in total. The maximum absolute atomic E-state index is 5.65. The number of aryl methyl sites for hydroxylation is 1. The van der Waals surface area contributed by atoms with Gasteiger partial charge in [-0.1, -0.05) is 38.8 Å². The SMILES string of the molecule is Cc1cccc(-c2nnc(Cn3cc(CBr)nn3)o2)c1. The Morgan fingerprint density at radius 1 is 1.25 bits per heavy atom. The van der Waals surface area contributed by atoms with Gasteiger partial charge in [0, 0.05) is 17.1 Å². The van der Waals surface area contributed by atoms with E-state index < -0.39 is 0 Å². The summed E-state index contributed by atoms with van der Waals surface area (Å²) in [6, 6.07) is 7.95. The topological polar surface area (TPSA) is 69.6 Å². The van der Waals surface area contributed by atoms with Crippen LogP contribution in [0.15, 0.2) is 34.9 Å². The average molecular weight is 334 g/mol. The van der Waals surface area contributed by atoms with Crippen LogP contribution < -0.4 is 0 Å². The molecule has 2 heterocycles. The van der Waals surface area contributed by atoms with Crippen molar-refractivity contribution in [3.63, 3.8) is 0 Å². The van der Waals surface area contributed by atoms with Crippen LogP contribution in [0.1, 0.15) is 17.1 Å². The summed E-state index contributed by atoms with van der Waals surface area (Å²) in [5.41, 5.74) is 2.94. The molecule has 7 heteroatoms. The number of rotatable bonds is 4. The highest BCUT2D eigenvalue weighted by molar-refractivity contribution is 9.08. The Labute approximate surface area is 124 Å². The fourth-order valence-corrected chi connectivity index (χ4v) is 2.08. The standard InChI is InChI=1S/C13H12BrN5O/c1-9-3-2-4-10(5-9)13-17-16-12(20-13)8-19-7-11(6-14)15-18-19/h2-5,7H,6,8H2,1H3. The third-order valence-electron chi connectivity index (χ3n) is 2.75. The summed E-state index contributed by atoms with van der Waals surface area (Å²) in [5, 5.41) is 16.7. The summed E-state index contributed by atoms with van der Waals surface area (Å²) < 4.78 is 7.32. The molecule has 0 amide bonds. The van der Waals surface area contributed by atoms with E-state index >= 15 is 0 Å². The summed E-state index contributed by atoms with van der Waals surface area (Å²) in [6.45, 7) is 2.44. The van der Waals surface area contributed by atoms with E-state index in [1.54, 1.807) is 4.68 Å². The lowest BCUT2D eigenvalue weighted by atomic mass is 10.1. The molecule has 0 aliphatic rings. The van der Waals surface area contributed by atoms with E-state index in [2.05, 4.69) is 36.4 Å². The van der Waals surface area contributed by atoms with Crippen molar-refractivity contribution in [1.29, 1.82) is 0 Å². The number of nitrogens with zero attached hydrogens (tertiary/aromatic N) is 5. The first-order valence-electron chi connectivity index (χ1n) is 6.09. The first-order valence-corrected chi connectivity index (χ1v) is 7.21. The van der Waals surface area contributed by atoms with E-state index in [1.165, 1.54) is 0 Å². The van der Waals surface area contributed by atoms with E-state index in [9.17, 15) is 0 Å². The van der Waals surface area contributed by atoms with Crippen LogP contribution in [0.4, 0.5) is 0 Å². The number of aromatic nitrogens is 5. The number of hydrogen-bond donors (Lipinski definition) is 0. The van der Waals surface area contributed by atoms with E-state index in [-0.39, 0.29) is 0 Å². The quantitative estimate of drug-likeness (QED) is 0.686. The molecule has 0 radical (unpaired) electrons. The second kappa shape index (κ2) is 5.54. The van der Waals surface area contributed by atoms with Gasteiger partial charge in [-0.15, -0.1) is 15.3 Å². The molecule has 3 aromatic rings. The summed E-state index contributed by atoms with van der Waals surface area (Å²) >= 11 is 3.33. The monoisotopic (exact) mass is 333 g/mol. The number of benzene rings is 1. The van der Waals surface area contributed by atoms with Crippen molar-refractivity contribution in [1.82, 2.24) is 25.2 Å². The molecular formula is C13H12BrN5O. The van der Waals surface area contributed by atoms with E-state index in [4.69, 9.17) is 4.42 Å². The molecule has 0 spiro atoms. The molecule has 20 heavy (non-hydrogen) atoms. The Hall–Kier alpha value is -2.02. The maximum Gasteiger partial charge on any atom is 0.247 e. The lowest BCUT2D eigenvalue weighted by Crippen LogP contribution is -2.00. The molecule has 0 bridgehead atoms. The van der Waals surface area contributed by atoms with Crippen molar-refractivity contribution in [3.05, 3.63) is 47.6 Å². The third-order valence-corrected chi connectivity index (χ3v) is 3.33. The van der Waals surface area contributed by atoms with Crippen molar-refractivity contribution < 1.29 is 4.42 Å². The summed E-state index contributed by atoms with van der Waals surface area (Å²) in [5.74, 6) is 1.03. The minimum Gasteiger partial charge on any atom is -0.419 e. The largest absolute Gasteiger partial charge is 0.419 e. The van der Waals surface area contributed by atoms with Crippen molar-refractivity contribution in [3.8, 4) is 11.5 Å². The summed E-state index contributed by atoms with van der Waals surface area (Å²) in [6.07, 6.45) is 1.84. The third kappa shape index (κ3) is 2.77. The number of hydrogen-bond acceptors (Lipinski definition) is 5. The Bertz CT molecular complexity index is 721. The van der Waals surface area contributed by atoms with Gasteiger partial charge < -0.3 is 4.42 Å². The molecule has 0 N–H and O–H groups in total. The fourth-order valence-electron chi connectivity index (χ4n) is 1.83. The highest BCUT2D eigenvalue weighted by Crippen LogP contribution is 2.19. The molecule has 0 aliphatic carbocycles. The van der Waals surface area contributed by atoms with Gasteiger partial charge in [-0.05, 0) is 19.1 Å². The molecule has 0 saturated heterocycles. The molecule has 1 aromatic carbocycles. The van der Waals surface area contributed by atoms with Gasteiger partial charge >= 0.3 is 0 Å². The van der Waals surface area contributed by atoms with Crippen molar-refractivity contribution >= 4 is 15.9 Å². The summed E-state index contributed by atoms with van der Waals surface area (Å²) in [7, 11) is 0. The van der Waals surface area contributed by atoms with E-state index in [0.717, 1.165) is 16.8 Å². The second-order valence-corrected chi connectivity index (χ2v) is 4.97. The second-order valence-electron chi connectivity index (χ2n) is 4.41. The zero-order chi connectivity index (χ0) is 13.9. The minimum atomic E-state index is 0.415. The van der Waals surface area contributed by atoms with E-state index in [0.29, 0.717) is 23.7 Å². The number of halogens is 1. The number of alkyl halides is 1. The molecule has 3 rings (SSSR count). The Kier molecular flexibility index (Phi) is 3.60. The lowest BCUT2D eigenvalue weighted by molar-refractivity contribution is 0.469. The first kappa shape index (κ1) is 13.0. The van der Waals surface area contributed by atoms with Gasteiger partial charge in [0.05, 0.1) is 5.69 Å². The van der Waals surface area contributed by atoms with Crippen LogP contribution in [0.3, 0.4) is 0 Å². The maximum atomic E-state index is 5.65. The molecule has 102 valence electrons. The highest BCUT2D eigenvalue weighted by Gasteiger charge is 2.10. The van der Waals surface area contributed by atoms with Crippen LogP contribution in [0.2, 0.25) is 0 Å². The fraction of sp³-hybridized carbons (Fsp3) is 0.231. The van der Waals surface area contributed by atoms with Gasteiger partial charge in [-0.2, -0.15) is 0 Å². The van der Waals surface area contributed by atoms with Crippen LogP contribution in [0, 0.1) is 6.92 Å². The molecule has 2 aromatic heterocycles. The Morgan fingerprint density at radius 3 is 2.90 bits per heavy atom.